The van der Waals surface area contributed by atoms with Crippen LogP contribution >= 0.6 is 23.2 Å². The Balaban J connectivity index is 1.74. The number of nitrogens with zero attached hydrogens (tertiary/aromatic N) is 4. The lowest BCUT2D eigenvalue weighted by Gasteiger charge is -2.19. The van der Waals surface area contributed by atoms with Gasteiger partial charge in [-0.05, 0) is 57.2 Å². The first-order valence-corrected chi connectivity index (χ1v) is 18.9. The van der Waals surface area contributed by atoms with Crippen LogP contribution in [0.3, 0.4) is 0 Å². The number of pyridine rings is 1. The standard InChI is InChI=1S/C29H41Cl2FN6O4Si/c1-17(2)26-21(15-42-37-26)28(39)33-22(9-8-10-23(30)31)29(40)35-24-12-11-20(27(32)34-24)25-18(3)36-38(19(25)4)16-41-13-14-43(5,6)7/h11-12,15,17,22-23H,8-10,13-14,16H2,1-7H3,(H,33,39)(H,34,35,40)/t22-/m0/s1. The molecule has 236 valence electrons. The van der Waals surface area contributed by atoms with E-state index in [1.54, 1.807) is 17.7 Å². The highest BCUT2D eigenvalue weighted by Gasteiger charge is 2.26. The third-order valence-electron chi connectivity index (χ3n) is 6.89. The molecule has 1 atom stereocenters. The number of anilines is 1. The lowest BCUT2D eigenvalue weighted by atomic mass is 10.0. The van der Waals surface area contributed by atoms with E-state index < -0.39 is 36.7 Å². The number of hydrogen-bond acceptors (Lipinski definition) is 7. The Morgan fingerprint density at radius 3 is 2.51 bits per heavy atom. The summed E-state index contributed by atoms with van der Waals surface area (Å²) in [5.41, 5.74) is 2.98. The molecular weight excluding hydrogens is 614 g/mol. The van der Waals surface area contributed by atoms with E-state index in [0.717, 1.165) is 11.7 Å². The number of amides is 2. The second-order valence-electron chi connectivity index (χ2n) is 12.0. The van der Waals surface area contributed by atoms with Gasteiger partial charge in [0.15, 0.2) is 0 Å². The van der Waals surface area contributed by atoms with Crippen molar-refractivity contribution in [2.24, 2.45) is 0 Å². The Hall–Kier alpha value is -2.80. The van der Waals surface area contributed by atoms with Gasteiger partial charge in [-0.2, -0.15) is 9.49 Å². The highest BCUT2D eigenvalue weighted by atomic mass is 35.5. The summed E-state index contributed by atoms with van der Waals surface area (Å²) in [6.07, 6.45) is 2.37. The summed E-state index contributed by atoms with van der Waals surface area (Å²) < 4.78 is 27.9. The zero-order valence-electron chi connectivity index (χ0n) is 25.8. The normalized spacial score (nSPS) is 12.7. The third-order valence-corrected chi connectivity index (χ3v) is 9.03. The Bertz CT molecular complexity index is 1410. The monoisotopic (exact) mass is 654 g/mol. The fourth-order valence-corrected chi connectivity index (χ4v) is 5.52. The SMILES string of the molecule is Cc1nn(COCC[Si](C)(C)C)c(C)c1-c1ccc(NC(=O)[C@H](CCCC(Cl)Cl)NC(=O)c2conc2C(C)C)nc1F. The van der Waals surface area contributed by atoms with E-state index >= 15 is 4.39 Å². The van der Waals surface area contributed by atoms with Crippen molar-refractivity contribution in [2.75, 3.05) is 11.9 Å². The highest BCUT2D eigenvalue weighted by molar-refractivity contribution is 6.76. The molecule has 0 bridgehead atoms. The summed E-state index contributed by atoms with van der Waals surface area (Å²) in [7, 11) is -1.22. The van der Waals surface area contributed by atoms with Gasteiger partial charge in [-0.1, -0.05) is 38.6 Å². The molecule has 0 saturated carbocycles. The van der Waals surface area contributed by atoms with Crippen molar-refractivity contribution in [3.05, 3.63) is 47.0 Å². The number of hydrogen-bond donors (Lipinski definition) is 2. The molecule has 0 aliphatic carbocycles. The van der Waals surface area contributed by atoms with Crippen LogP contribution in [0.2, 0.25) is 25.7 Å². The topological polar surface area (TPSA) is 124 Å². The van der Waals surface area contributed by atoms with Crippen LogP contribution in [0.1, 0.15) is 66.5 Å². The minimum absolute atomic E-state index is 0.00304. The van der Waals surface area contributed by atoms with Gasteiger partial charge in [0.05, 0.1) is 11.4 Å². The predicted molar refractivity (Wildman–Crippen MR) is 169 cm³/mol. The average molecular weight is 656 g/mol. The van der Waals surface area contributed by atoms with E-state index in [-0.39, 0.29) is 36.0 Å². The molecule has 0 unspecified atom stereocenters. The van der Waals surface area contributed by atoms with E-state index in [1.165, 1.54) is 12.3 Å². The van der Waals surface area contributed by atoms with E-state index in [9.17, 15) is 9.59 Å². The lowest BCUT2D eigenvalue weighted by molar-refractivity contribution is -0.118. The molecule has 2 amide bonds. The summed E-state index contributed by atoms with van der Waals surface area (Å²) in [6, 6.07) is 3.13. The lowest BCUT2D eigenvalue weighted by Crippen LogP contribution is -2.44. The van der Waals surface area contributed by atoms with Crippen LogP contribution in [0.4, 0.5) is 10.2 Å². The van der Waals surface area contributed by atoms with E-state index in [2.05, 4.69) is 45.5 Å². The van der Waals surface area contributed by atoms with Gasteiger partial charge in [-0.25, -0.2) is 9.67 Å². The number of aromatic nitrogens is 4. The molecule has 43 heavy (non-hydrogen) atoms. The van der Waals surface area contributed by atoms with Crippen LogP contribution < -0.4 is 10.6 Å². The van der Waals surface area contributed by atoms with Gasteiger partial charge >= 0.3 is 0 Å². The van der Waals surface area contributed by atoms with E-state index in [0.29, 0.717) is 36.4 Å². The van der Waals surface area contributed by atoms with Crippen molar-refractivity contribution in [3.8, 4) is 11.1 Å². The van der Waals surface area contributed by atoms with Crippen LogP contribution in [0, 0.1) is 19.8 Å². The van der Waals surface area contributed by atoms with Gasteiger partial charge in [-0.3, -0.25) is 9.59 Å². The van der Waals surface area contributed by atoms with Crippen LogP contribution in [0.5, 0.6) is 0 Å². The summed E-state index contributed by atoms with van der Waals surface area (Å²) in [6.45, 7) is 15.2. The van der Waals surface area contributed by atoms with Crippen molar-refractivity contribution >= 4 is 48.9 Å². The third kappa shape index (κ3) is 9.85. The molecule has 0 fully saturated rings. The van der Waals surface area contributed by atoms with Crippen molar-refractivity contribution < 1.29 is 23.2 Å². The molecule has 3 rings (SSSR count). The van der Waals surface area contributed by atoms with Gasteiger partial charge < -0.3 is 19.9 Å². The maximum Gasteiger partial charge on any atom is 0.257 e. The summed E-state index contributed by atoms with van der Waals surface area (Å²) in [5, 5.41) is 13.8. The highest BCUT2D eigenvalue weighted by Crippen LogP contribution is 2.30. The number of nitrogens with one attached hydrogen (secondary N) is 2. The number of carbonyl (C=O) groups excluding carboxylic acids is 2. The first-order valence-electron chi connectivity index (χ1n) is 14.3. The molecule has 3 aromatic heterocycles. The van der Waals surface area contributed by atoms with Crippen LogP contribution in [0.15, 0.2) is 22.9 Å². The second kappa shape index (κ2) is 15.3. The minimum Gasteiger partial charge on any atom is -0.364 e. The number of halogens is 3. The molecule has 3 heterocycles. The zero-order valence-corrected chi connectivity index (χ0v) is 28.3. The van der Waals surface area contributed by atoms with Crippen LogP contribution in [0.25, 0.3) is 11.1 Å². The zero-order chi connectivity index (χ0) is 31.9. The average Bonchev–Trinajstić information content (AvgIpc) is 3.50. The number of alkyl halides is 2. The Labute approximate surface area is 263 Å². The smallest absolute Gasteiger partial charge is 0.257 e. The summed E-state index contributed by atoms with van der Waals surface area (Å²) in [4.78, 5) is 29.7. The molecule has 14 heteroatoms. The van der Waals surface area contributed by atoms with Crippen molar-refractivity contribution in [3.63, 3.8) is 0 Å². The number of ether oxygens (including phenoxy) is 1. The Morgan fingerprint density at radius 1 is 1.16 bits per heavy atom. The molecular formula is C29H41Cl2FN6O4Si. The summed E-state index contributed by atoms with van der Waals surface area (Å²) >= 11 is 11.7. The number of carbonyl (C=O) groups is 2. The first-order chi connectivity index (χ1) is 20.2. The molecule has 0 radical (unpaired) electrons. The predicted octanol–water partition coefficient (Wildman–Crippen LogP) is 6.84. The minimum atomic E-state index is -1.22. The Morgan fingerprint density at radius 2 is 1.88 bits per heavy atom. The van der Waals surface area contributed by atoms with E-state index in [1.807, 2.05) is 20.8 Å². The number of rotatable bonds is 15. The first kappa shape index (κ1) is 34.7. The Kier molecular flexibility index (Phi) is 12.3. The molecule has 0 aliphatic heterocycles. The summed E-state index contributed by atoms with van der Waals surface area (Å²) in [5.74, 6) is -1.90. The van der Waals surface area contributed by atoms with Gasteiger partial charge in [0.2, 0.25) is 11.9 Å². The van der Waals surface area contributed by atoms with Crippen molar-refractivity contribution in [1.82, 2.24) is 25.2 Å². The molecule has 0 aromatic carbocycles. The maximum absolute atomic E-state index is 15.4. The fourth-order valence-electron chi connectivity index (χ4n) is 4.46. The van der Waals surface area contributed by atoms with Gasteiger partial charge in [0.25, 0.3) is 5.91 Å². The van der Waals surface area contributed by atoms with Crippen molar-refractivity contribution in [2.45, 2.75) is 96.2 Å². The molecule has 10 nitrogen and oxygen atoms in total. The van der Waals surface area contributed by atoms with Crippen LogP contribution in [-0.4, -0.2) is 57.3 Å². The molecule has 0 aliphatic rings. The molecule has 3 aromatic rings. The van der Waals surface area contributed by atoms with Gasteiger partial charge in [0.1, 0.15) is 35.3 Å². The molecule has 2 N–H and O–H groups in total. The van der Waals surface area contributed by atoms with Gasteiger partial charge in [0, 0.05) is 31.5 Å². The fraction of sp³-hybridized carbons (Fsp3) is 0.552. The van der Waals surface area contributed by atoms with Crippen molar-refractivity contribution in [1.29, 1.82) is 0 Å². The largest absolute Gasteiger partial charge is 0.364 e. The van der Waals surface area contributed by atoms with Gasteiger partial charge in [-0.15, -0.1) is 23.2 Å². The maximum atomic E-state index is 15.4. The number of aryl methyl sites for hydroxylation is 1. The molecule has 0 spiro atoms. The molecule has 0 saturated heterocycles. The second-order valence-corrected chi connectivity index (χ2v) is 18.9. The van der Waals surface area contributed by atoms with Crippen LogP contribution in [-0.2, 0) is 16.3 Å². The quantitative estimate of drug-likeness (QED) is 0.0796. The van der Waals surface area contributed by atoms with E-state index in [4.69, 9.17) is 32.5 Å².